The van der Waals surface area contributed by atoms with Crippen molar-refractivity contribution in [1.82, 2.24) is 0 Å². The second-order valence-electron chi connectivity index (χ2n) is 2.68. The fourth-order valence-electron chi connectivity index (χ4n) is 0.875. The lowest BCUT2D eigenvalue weighted by Crippen LogP contribution is -1.97. The van der Waals surface area contributed by atoms with Gasteiger partial charge in [-0.2, -0.15) is 0 Å². The summed E-state index contributed by atoms with van der Waals surface area (Å²) in [6, 6.07) is 5.38. The third-order valence-electron chi connectivity index (χ3n) is 1.61. The van der Waals surface area contributed by atoms with Crippen LogP contribution in [0.5, 0.6) is 0 Å². The average molecular weight is 288 g/mol. The van der Waals surface area contributed by atoms with Crippen molar-refractivity contribution >= 4 is 33.5 Å². The third kappa shape index (κ3) is 3.94. The molecule has 4 heteroatoms. The van der Waals surface area contributed by atoms with Crippen LogP contribution in [0.4, 0.5) is 0 Å². The number of halogens is 2. The number of methoxy groups -OCH3 is 1. The summed E-state index contributed by atoms with van der Waals surface area (Å²) in [5.41, 5.74) is 0.698. The van der Waals surface area contributed by atoms with E-state index in [4.69, 9.17) is 11.6 Å². The number of rotatable bonds is 1. The number of ether oxygens (including phenoxy) is 1. The topological polar surface area (TPSA) is 26.3 Å². The van der Waals surface area contributed by atoms with Gasteiger partial charge in [-0.15, -0.1) is 0 Å². The Morgan fingerprint density at radius 3 is 2.93 bits per heavy atom. The molecule has 1 rings (SSSR count). The summed E-state index contributed by atoms with van der Waals surface area (Å²) < 4.78 is 5.35. The van der Waals surface area contributed by atoms with Gasteiger partial charge in [-0.05, 0) is 18.2 Å². The van der Waals surface area contributed by atoms with Gasteiger partial charge in [0.15, 0.2) is 0 Å². The summed E-state index contributed by atoms with van der Waals surface area (Å²) in [5.74, 6) is 5.14. The molecule has 0 spiro atoms. The fraction of sp³-hybridized carbons (Fsp3) is 0.182. The Morgan fingerprint density at radius 2 is 2.33 bits per heavy atom. The van der Waals surface area contributed by atoms with Crippen LogP contribution in [-0.4, -0.2) is 13.1 Å². The number of carbonyl (C=O) groups is 1. The molecule has 0 fully saturated rings. The van der Waals surface area contributed by atoms with Gasteiger partial charge in [0.2, 0.25) is 0 Å². The van der Waals surface area contributed by atoms with Crippen molar-refractivity contribution in [3.8, 4) is 11.8 Å². The highest BCUT2D eigenvalue weighted by atomic mass is 79.9. The quantitative estimate of drug-likeness (QED) is 0.586. The minimum Gasteiger partial charge on any atom is -0.468 e. The lowest BCUT2D eigenvalue weighted by Gasteiger charge is -1.95. The predicted molar refractivity (Wildman–Crippen MR) is 62.7 cm³/mol. The molecule has 0 bridgehead atoms. The van der Waals surface area contributed by atoms with Crippen LogP contribution < -0.4 is 0 Å². The summed E-state index contributed by atoms with van der Waals surface area (Å²) in [7, 11) is 1.33. The first-order valence-corrected chi connectivity index (χ1v) is 5.31. The van der Waals surface area contributed by atoms with Gasteiger partial charge in [-0.3, -0.25) is 4.79 Å². The van der Waals surface area contributed by atoms with Crippen LogP contribution in [0.2, 0.25) is 5.02 Å². The highest BCUT2D eigenvalue weighted by molar-refractivity contribution is 9.10. The molecule has 0 saturated heterocycles. The minimum atomic E-state index is -0.351. The largest absolute Gasteiger partial charge is 0.468 e. The second-order valence-corrected chi connectivity index (χ2v) is 4.00. The molecule has 0 N–H and O–H groups in total. The molecule has 15 heavy (non-hydrogen) atoms. The molecule has 0 aliphatic rings. The van der Waals surface area contributed by atoms with Gasteiger partial charge >= 0.3 is 5.97 Å². The normalized spacial score (nSPS) is 9.00. The smallest absolute Gasteiger partial charge is 0.317 e. The molecule has 78 valence electrons. The van der Waals surface area contributed by atoms with E-state index in [1.54, 1.807) is 12.1 Å². The van der Waals surface area contributed by atoms with Gasteiger partial charge in [0, 0.05) is 10.0 Å². The SMILES string of the molecule is COC(=O)CC#Cc1ccc(Br)cc1Cl. The summed E-state index contributed by atoms with van der Waals surface area (Å²) in [5, 5.41) is 0.557. The second kappa shape index (κ2) is 5.79. The lowest BCUT2D eigenvalue weighted by molar-refractivity contribution is -0.139. The number of carbonyl (C=O) groups excluding carboxylic acids is 1. The van der Waals surface area contributed by atoms with E-state index >= 15 is 0 Å². The van der Waals surface area contributed by atoms with E-state index in [1.165, 1.54) is 7.11 Å². The molecule has 1 aromatic carbocycles. The molecule has 0 saturated carbocycles. The molecule has 0 atom stereocenters. The van der Waals surface area contributed by atoms with Crippen molar-refractivity contribution in [3.63, 3.8) is 0 Å². The van der Waals surface area contributed by atoms with Crippen molar-refractivity contribution in [2.45, 2.75) is 6.42 Å². The highest BCUT2D eigenvalue weighted by Crippen LogP contribution is 2.20. The Kier molecular flexibility index (Phi) is 4.67. The Labute approximate surface area is 102 Å². The van der Waals surface area contributed by atoms with Crippen LogP contribution in [0.3, 0.4) is 0 Å². The van der Waals surface area contributed by atoms with Crippen LogP contribution >= 0.6 is 27.5 Å². The van der Waals surface area contributed by atoms with Crippen LogP contribution in [0.1, 0.15) is 12.0 Å². The molecular weight excluding hydrogens is 279 g/mol. The van der Waals surface area contributed by atoms with E-state index in [1.807, 2.05) is 6.07 Å². The molecule has 0 aliphatic carbocycles. The first-order chi connectivity index (χ1) is 7.13. The maximum atomic E-state index is 10.8. The van der Waals surface area contributed by atoms with Gasteiger partial charge in [0.05, 0.1) is 12.1 Å². The maximum Gasteiger partial charge on any atom is 0.317 e. The summed E-state index contributed by atoms with van der Waals surface area (Å²) in [6.45, 7) is 0. The number of hydrogen-bond acceptors (Lipinski definition) is 2. The fourth-order valence-corrected chi connectivity index (χ4v) is 1.60. The Morgan fingerprint density at radius 1 is 1.60 bits per heavy atom. The zero-order chi connectivity index (χ0) is 11.3. The van der Waals surface area contributed by atoms with Crippen molar-refractivity contribution in [2.75, 3.05) is 7.11 Å². The zero-order valence-corrected chi connectivity index (χ0v) is 10.4. The first kappa shape index (κ1) is 12.1. The molecule has 1 aromatic rings. The van der Waals surface area contributed by atoms with E-state index in [-0.39, 0.29) is 12.4 Å². The molecule has 0 aromatic heterocycles. The Hall–Kier alpha value is -0.980. The van der Waals surface area contributed by atoms with Gasteiger partial charge < -0.3 is 4.74 Å². The average Bonchev–Trinajstić information content (AvgIpc) is 2.21. The molecule has 0 aliphatic heterocycles. The molecular formula is C11H8BrClO2. The van der Waals surface area contributed by atoms with Crippen molar-refractivity contribution < 1.29 is 9.53 Å². The van der Waals surface area contributed by atoms with Crippen LogP contribution in [0.15, 0.2) is 22.7 Å². The lowest BCUT2D eigenvalue weighted by atomic mass is 10.2. The minimum absolute atomic E-state index is 0.0723. The summed E-state index contributed by atoms with van der Waals surface area (Å²) >= 11 is 9.22. The Bertz CT molecular complexity index is 432. The summed E-state index contributed by atoms with van der Waals surface area (Å²) in [4.78, 5) is 10.8. The van der Waals surface area contributed by atoms with E-state index in [2.05, 4.69) is 32.5 Å². The van der Waals surface area contributed by atoms with E-state index in [0.717, 1.165) is 4.47 Å². The molecule has 2 nitrogen and oxygen atoms in total. The third-order valence-corrected chi connectivity index (χ3v) is 2.42. The number of esters is 1. The predicted octanol–water partition coefficient (Wildman–Crippen LogP) is 3.02. The van der Waals surface area contributed by atoms with Gasteiger partial charge in [-0.1, -0.05) is 39.4 Å². The van der Waals surface area contributed by atoms with Gasteiger partial charge in [0.1, 0.15) is 6.42 Å². The molecule has 0 heterocycles. The van der Waals surface area contributed by atoms with E-state index in [0.29, 0.717) is 10.6 Å². The van der Waals surface area contributed by atoms with Crippen molar-refractivity contribution in [3.05, 3.63) is 33.3 Å². The van der Waals surface area contributed by atoms with Gasteiger partial charge in [0.25, 0.3) is 0 Å². The zero-order valence-electron chi connectivity index (χ0n) is 8.01. The summed E-state index contributed by atoms with van der Waals surface area (Å²) in [6.07, 6.45) is 0.0723. The maximum absolute atomic E-state index is 10.8. The molecule has 0 radical (unpaired) electrons. The number of hydrogen-bond donors (Lipinski definition) is 0. The number of benzene rings is 1. The van der Waals surface area contributed by atoms with E-state index < -0.39 is 0 Å². The highest BCUT2D eigenvalue weighted by Gasteiger charge is 1.98. The van der Waals surface area contributed by atoms with Gasteiger partial charge in [-0.25, -0.2) is 0 Å². The Balaban J connectivity index is 2.76. The van der Waals surface area contributed by atoms with Crippen molar-refractivity contribution in [2.24, 2.45) is 0 Å². The monoisotopic (exact) mass is 286 g/mol. The van der Waals surface area contributed by atoms with E-state index in [9.17, 15) is 4.79 Å². The standard InChI is InChI=1S/C11H8BrClO2/c1-15-11(14)4-2-3-8-5-6-9(12)7-10(8)13/h5-7H,4H2,1H3. The van der Waals surface area contributed by atoms with Crippen LogP contribution in [-0.2, 0) is 9.53 Å². The van der Waals surface area contributed by atoms with Crippen LogP contribution in [0.25, 0.3) is 0 Å². The van der Waals surface area contributed by atoms with Crippen LogP contribution in [0, 0.1) is 11.8 Å². The molecule has 0 amide bonds. The van der Waals surface area contributed by atoms with Crippen molar-refractivity contribution in [1.29, 1.82) is 0 Å². The first-order valence-electron chi connectivity index (χ1n) is 4.14. The molecule has 0 unspecified atom stereocenters.